The summed E-state index contributed by atoms with van der Waals surface area (Å²) in [6.07, 6.45) is 2.17. The maximum absolute atomic E-state index is 2.32. The van der Waals surface area contributed by atoms with Crippen molar-refractivity contribution < 1.29 is 0 Å². The highest BCUT2D eigenvalue weighted by Crippen LogP contribution is 2.22. The summed E-state index contributed by atoms with van der Waals surface area (Å²) in [7, 11) is 0. The van der Waals surface area contributed by atoms with Gasteiger partial charge in [-0.1, -0.05) is 18.2 Å². The Hall–Kier alpha value is -1.24. The van der Waals surface area contributed by atoms with E-state index in [1.54, 1.807) is 0 Å². The molecular formula is C12H15N. The minimum atomic E-state index is 0.540. The van der Waals surface area contributed by atoms with Crippen molar-refractivity contribution in [1.29, 1.82) is 0 Å². The molecule has 1 aromatic heterocycles. The van der Waals surface area contributed by atoms with Crippen LogP contribution >= 0.6 is 0 Å². The van der Waals surface area contributed by atoms with E-state index in [0.29, 0.717) is 6.04 Å². The fourth-order valence-electron chi connectivity index (χ4n) is 1.83. The van der Waals surface area contributed by atoms with Gasteiger partial charge in [-0.25, -0.2) is 0 Å². The molecule has 0 radical (unpaired) electrons. The van der Waals surface area contributed by atoms with Crippen LogP contribution in [0.4, 0.5) is 0 Å². The summed E-state index contributed by atoms with van der Waals surface area (Å²) < 4.78 is 2.32. The fraction of sp³-hybridized carbons (Fsp3) is 0.333. The first-order valence-corrected chi connectivity index (χ1v) is 4.76. The third-order valence-corrected chi connectivity index (χ3v) is 2.50. The van der Waals surface area contributed by atoms with Gasteiger partial charge in [0.2, 0.25) is 0 Å². The molecule has 1 aromatic carbocycles. The van der Waals surface area contributed by atoms with E-state index in [-0.39, 0.29) is 0 Å². The topological polar surface area (TPSA) is 4.93 Å². The van der Waals surface area contributed by atoms with Crippen LogP contribution in [0.25, 0.3) is 10.9 Å². The molecule has 0 N–H and O–H groups in total. The van der Waals surface area contributed by atoms with Crippen LogP contribution in [0.15, 0.2) is 30.5 Å². The number of fused-ring (bicyclic) bond motifs is 1. The first-order valence-electron chi connectivity index (χ1n) is 4.76. The molecule has 0 aliphatic carbocycles. The molecule has 0 aliphatic heterocycles. The number of benzene rings is 1. The minimum absolute atomic E-state index is 0.540. The second-order valence-corrected chi connectivity index (χ2v) is 3.83. The van der Waals surface area contributed by atoms with Crippen LogP contribution in [0, 0.1) is 6.92 Å². The van der Waals surface area contributed by atoms with Crippen molar-refractivity contribution in [3.05, 3.63) is 36.0 Å². The zero-order chi connectivity index (χ0) is 9.42. The average molecular weight is 173 g/mol. The Kier molecular flexibility index (Phi) is 1.87. The highest BCUT2D eigenvalue weighted by Gasteiger charge is 2.04. The van der Waals surface area contributed by atoms with Crippen molar-refractivity contribution in [2.75, 3.05) is 0 Å². The van der Waals surface area contributed by atoms with E-state index in [0.717, 1.165) is 0 Å². The molecule has 0 bridgehead atoms. The van der Waals surface area contributed by atoms with Gasteiger partial charge >= 0.3 is 0 Å². The van der Waals surface area contributed by atoms with Crippen LogP contribution < -0.4 is 0 Å². The minimum Gasteiger partial charge on any atom is -0.345 e. The predicted octanol–water partition coefficient (Wildman–Crippen LogP) is 3.53. The molecule has 0 unspecified atom stereocenters. The van der Waals surface area contributed by atoms with E-state index < -0.39 is 0 Å². The lowest BCUT2D eigenvalue weighted by molar-refractivity contribution is 0.622. The molecule has 2 rings (SSSR count). The predicted molar refractivity (Wildman–Crippen MR) is 57.1 cm³/mol. The van der Waals surface area contributed by atoms with Gasteiger partial charge in [-0.15, -0.1) is 0 Å². The summed E-state index contributed by atoms with van der Waals surface area (Å²) >= 11 is 0. The molecule has 0 fully saturated rings. The standard InChI is InChI=1S/C12H15N/c1-9(2)13-8-7-11-6-4-5-10(3)12(11)13/h4-9H,1-3H3. The van der Waals surface area contributed by atoms with E-state index in [1.807, 2.05) is 0 Å². The van der Waals surface area contributed by atoms with Crippen LogP contribution in [-0.2, 0) is 0 Å². The van der Waals surface area contributed by atoms with Gasteiger partial charge in [-0.2, -0.15) is 0 Å². The van der Waals surface area contributed by atoms with E-state index in [2.05, 4.69) is 55.8 Å². The Morgan fingerprint density at radius 2 is 1.92 bits per heavy atom. The van der Waals surface area contributed by atoms with Crippen molar-refractivity contribution in [2.45, 2.75) is 26.8 Å². The molecule has 0 atom stereocenters. The van der Waals surface area contributed by atoms with Crippen LogP contribution in [0.3, 0.4) is 0 Å². The first kappa shape index (κ1) is 8.36. The number of para-hydroxylation sites is 1. The third-order valence-electron chi connectivity index (χ3n) is 2.50. The van der Waals surface area contributed by atoms with Gasteiger partial charge in [-0.3, -0.25) is 0 Å². The molecule has 0 amide bonds. The van der Waals surface area contributed by atoms with E-state index in [1.165, 1.54) is 16.5 Å². The zero-order valence-electron chi connectivity index (χ0n) is 8.41. The van der Waals surface area contributed by atoms with Crippen LogP contribution in [0.5, 0.6) is 0 Å². The lowest BCUT2D eigenvalue weighted by atomic mass is 10.1. The lowest BCUT2D eigenvalue weighted by Gasteiger charge is -2.10. The maximum Gasteiger partial charge on any atom is 0.0512 e. The Balaban J connectivity index is 2.79. The molecule has 0 saturated carbocycles. The smallest absolute Gasteiger partial charge is 0.0512 e. The largest absolute Gasteiger partial charge is 0.345 e. The molecule has 0 aliphatic rings. The summed E-state index contributed by atoms with van der Waals surface area (Å²) in [5, 5.41) is 1.34. The Labute approximate surface area is 79.0 Å². The fourth-order valence-corrected chi connectivity index (χ4v) is 1.83. The van der Waals surface area contributed by atoms with Gasteiger partial charge in [0.1, 0.15) is 0 Å². The molecule has 1 nitrogen and oxygen atoms in total. The molecule has 2 aromatic rings. The van der Waals surface area contributed by atoms with Crippen LogP contribution in [0.2, 0.25) is 0 Å². The SMILES string of the molecule is Cc1cccc2ccn(C(C)C)c12. The molecular weight excluding hydrogens is 158 g/mol. The first-order chi connectivity index (χ1) is 6.20. The normalized spacial score (nSPS) is 11.4. The number of aromatic nitrogens is 1. The molecule has 1 heterocycles. The second kappa shape index (κ2) is 2.91. The molecule has 68 valence electrons. The monoisotopic (exact) mass is 173 g/mol. The Bertz CT molecular complexity index is 424. The number of nitrogens with zero attached hydrogens (tertiary/aromatic N) is 1. The van der Waals surface area contributed by atoms with Gasteiger partial charge in [0.05, 0.1) is 5.52 Å². The number of hydrogen-bond acceptors (Lipinski definition) is 0. The summed E-state index contributed by atoms with van der Waals surface area (Å²) in [6.45, 7) is 6.60. The maximum atomic E-state index is 2.32. The second-order valence-electron chi connectivity index (χ2n) is 3.83. The van der Waals surface area contributed by atoms with Crippen molar-refractivity contribution in [1.82, 2.24) is 4.57 Å². The average Bonchev–Trinajstić information content (AvgIpc) is 2.49. The molecule has 0 saturated heterocycles. The number of aryl methyl sites for hydroxylation is 1. The van der Waals surface area contributed by atoms with Crippen molar-refractivity contribution in [3.8, 4) is 0 Å². The zero-order valence-corrected chi connectivity index (χ0v) is 8.41. The van der Waals surface area contributed by atoms with Gasteiger partial charge < -0.3 is 4.57 Å². The van der Waals surface area contributed by atoms with E-state index in [9.17, 15) is 0 Å². The summed E-state index contributed by atoms with van der Waals surface area (Å²) in [6, 6.07) is 9.17. The lowest BCUT2D eigenvalue weighted by Crippen LogP contribution is -1.98. The highest BCUT2D eigenvalue weighted by molar-refractivity contribution is 5.83. The van der Waals surface area contributed by atoms with Crippen molar-refractivity contribution >= 4 is 10.9 Å². The molecule has 0 spiro atoms. The van der Waals surface area contributed by atoms with E-state index in [4.69, 9.17) is 0 Å². The number of hydrogen-bond donors (Lipinski definition) is 0. The highest BCUT2D eigenvalue weighted by atomic mass is 15.0. The van der Waals surface area contributed by atoms with Crippen LogP contribution in [0.1, 0.15) is 25.5 Å². The quantitative estimate of drug-likeness (QED) is 0.621. The summed E-state index contributed by atoms with van der Waals surface area (Å²) in [5.74, 6) is 0. The summed E-state index contributed by atoms with van der Waals surface area (Å²) in [4.78, 5) is 0. The molecule has 1 heteroatoms. The van der Waals surface area contributed by atoms with Crippen LogP contribution in [-0.4, -0.2) is 4.57 Å². The third kappa shape index (κ3) is 1.24. The van der Waals surface area contributed by atoms with Gasteiger partial charge in [0, 0.05) is 12.2 Å². The van der Waals surface area contributed by atoms with E-state index >= 15 is 0 Å². The van der Waals surface area contributed by atoms with Gasteiger partial charge in [0.25, 0.3) is 0 Å². The van der Waals surface area contributed by atoms with Gasteiger partial charge in [0.15, 0.2) is 0 Å². The Morgan fingerprint density at radius 1 is 1.15 bits per heavy atom. The van der Waals surface area contributed by atoms with Gasteiger partial charge in [-0.05, 0) is 37.8 Å². The van der Waals surface area contributed by atoms with Crippen molar-refractivity contribution in [3.63, 3.8) is 0 Å². The number of rotatable bonds is 1. The summed E-state index contributed by atoms with van der Waals surface area (Å²) in [5.41, 5.74) is 2.73. The Morgan fingerprint density at radius 3 is 2.62 bits per heavy atom. The van der Waals surface area contributed by atoms with Crippen molar-refractivity contribution in [2.24, 2.45) is 0 Å². The molecule has 13 heavy (non-hydrogen) atoms.